The lowest BCUT2D eigenvalue weighted by atomic mass is 10.1. The molecule has 0 radical (unpaired) electrons. The van der Waals surface area contributed by atoms with Crippen molar-refractivity contribution in [1.29, 1.82) is 0 Å². The van der Waals surface area contributed by atoms with E-state index in [1.165, 1.54) is 6.07 Å². The molecule has 0 spiro atoms. The number of carboxylic acids is 1. The number of rotatable bonds is 5. The molecule has 0 amide bonds. The van der Waals surface area contributed by atoms with Crippen LogP contribution in [-0.2, 0) is 4.74 Å². The summed E-state index contributed by atoms with van der Waals surface area (Å²) in [5, 5.41) is 12.2. The molecule has 0 aliphatic carbocycles. The van der Waals surface area contributed by atoms with Crippen molar-refractivity contribution in [3.05, 3.63) is 23.7 Å². The SMILES string of the molecule is CC(NC(C)C1CCCO1)c1ccc(C(=O)O)o1. The van der Waals surface area contributed by atoms with Crippen molar-refractivity contribution in [2.75, 3.05) is 6.61 Å². The molecule has 1 aromatic heterocycles. The van der Waals surface area contributed by atoms with Crippen LogP contribution in [0.25, 0.3) is 0 Å². The van der Waals surface area contributed by atoms with Crippen LogP contribution in [0.2, 0.25) is 0 Å². The molecule has 3 atom stereocenters. The number of furan rings is 1. The number of nitrogens with one attached hydrogen (secondary N) is 1. The lowest BCUT2D eigenvalue weighted by Crippen LogP contribution is -2.38. The van der Waals surface area contributed by atoms with E-state index in [2.05, 4.69) is 12.2 Å². The third-order valence-electron chi connectivity index (χ3n) is 3.30. The normalized spacial score (nSPS) is 22.9. The molecule has 1 aliphatic heterocycles. The van der Waals surface area contributed by atoms with Gasteiger partial charge < -0.3 is 19.6 Å². The average molecular weight is 253 g/mol. The van der Waals surface area contributed by atoms with Crippen LogP contribution in [0.3, 0.4) is 0 Å². The van der Waals surface area contributed by atoms with Crippen molar-refractivity contribution in [2.24, 2.45) is 0 Å². The zero-order valence-electron chi connectivity index (χ0n) is 10.7. The molecule has 2 N–H and O–H groups in total. The fourth-order valence-electron chi connectivity index (χ4n) is 2.28. The van der Waals surface area contributed by atoms with Gasteiger partial charge in [-0.2, -0.15) is 0 Å². The summed E-state index contributed by atoms with van der Waals surface area (Å²) >= 11 is 0. The van der Waals surface area contributed by atoms with Crippen LogP contribution >= 0.6 is 0 Å². The van der Waals surface area contributed by atoms with E-state index in [9.17, 15) is 4.79 Å². The van der Waals surface area contributed by atoms with Gasteiger partial charge in [-0.1, -0.05) is 0 Å². The summed E-state index contributed by atoms with van der Waals surface area (Å²) in [5.74, 6) is -0.429. The Morgan fingerprint density at radius 2 is 2.28 bits per heavy atom. The predicted octanol–water partition coefficient (Wildman–Crippen LogP) is 2.20. The van der Waals surface area contributed by atoms with Gasteiger partial charge in [0.05, 0.1) is 12.1 Å². The monoisotopic (exact) mass is 253 g/mol. The highest BCUT2D eigenvalue weighted by atomic mass is 16.5. The number of aromatic carboxylic acids is 1. The first-order valence-electron chi connectivity index (χ1n) is 6.28. The van der Waals surface area contributed by atoms with Crippen LogP contribution in [0.4, 0.5) is 0 Å². The first-order valence-corrected chi connectivity index (χ1v) is 6.28. The van der Waals surface area contributed by atoms with Gasteiger partial charge in [0.2, 0.25) is 5.76 Å². The molecule has 2 heterocycles. The minimum atomic E-state index is -1.04. The maximum absolute atomic E-state index is 10.7. The quantitative estimate of drug-likeness (QED) is 0.841. The summed E-state index contributed by atoms with van der Waals surface area (Å²) in [6.07, 6.45) is 2.41. The molecule has 1 aromatic rings. The Balaban J connectivity index is 1.93. The van der Waals surface area contributed by atoms with E-state index in [0.717, 1.165) is 19.4 Å². The first-order chi connectivity index (χ1) is 8.58. The summed E-state index contributed by atoms with van der Waals surface area (Å²) in [7, 11) is 0. The van der Waals surface area contributed by atoms with E-state index in [0.29, 0.717) is 5.76 Å². The minimum absolute atomic E-state index is 0.0246. The maximum atomic E-state index is 10.7. The number of hydrogen-bond acceptors (Lipinski definition) is 4. The average Bonchev–Trinajstić information content (AvgIpc) is 3.00. The Morgan fingerprint density at radius 3 is 2.83 bits per heavy atom. The summed E-state index contributed by atoms with van der Waals surface area (Å²) in [5.41, 5.74) is 0. The molecule has 5 nitrogen and oxygen atoms in total. The van der Waals surface area contributed by atoms with Crippen molar-refractivity contribution in [1.82, 2.24) is 5.32 Å². The lowest BCUT2D eigenvalue weighted by Gasteiger charge is -2.23. The van der Waals surface area contributed by atoms with Gasteiger partial charge in [-0.25, -0.2) is 4.79 Å². The molecule has 1 aliphatic rings. The predicted molar refractivity (Wildman–Crippen MR) is 65.7 cm³/mol. The Morgan fingerprint density at radius 1 is 1.50 bits per heavy atom. The number of carboxylic acid groups (broad SMARTS) is 1. The van der Waals surface area contributed by atoms with Crippen LogP contribution in [0.15, 0.2) is 16.5 Å². The Labute approximate surface area is 106 Å². The van der Waals surface area contributed by atoms with E-state index >= 15 is 0 Å². The van der Waals surface area contributed by atoms with Gasteiger partial charge in [0.15, 0.2) is 0 Å². The number of hydrogen-bond donors (Lipinski definition) is 2. The summed E-state index contributed by atoms with van der Waals surface area (Å²) in [6, 6.07) is 3.37. The van der Waals surface area contributed by atoms with Crippen molar-refractivity contribution in [3.63, 3.8) is 0 Å². The van der Waals surface area contributed by atoms with Gasteiger partial charge in [0.25, 0.3) is 0 Å². The second-order valence-corrected chi connectivity index (χ2v) is 4.74. The zero-order valence-corrected chi connectivity index (χ0v) is 10.7. The molecule has 0 saturated carbocycles. The number of carbonyl (C=O) groups is 1. The topological polar surface area (TPSA) is 71.7 Å². The Kier molecular flexibility index (Phi) is 4.04. The highest BCUT2D eigenvalue weighted by molar-refractivity contribution is 5.84. The van der Waals surface area contributed by atoms with E-state index < -0.39 is 5.97 Å². The molecule has 5 heteroatoms. The van der Waals surface area contributed by atoms with Crippen LogP contribution < -0.4 is 5.32 Å². The molecule has 18 heavy (non-hydrogen) atoms. The Hall–Kier alpha value is -1.33. The summed E-state index contributed by atoms with van der Waals surface area (Å²) in [6.45, 7) is 4.86. The first kappa shape index (κ1) is 13.1. The highest BCUT2D eigenvalue weighted by Crippen LogP contribution is 2.20. The lowest BCUT2D eigenvalue weighted by molar-refractivity contribution is 0.0655. The second-order valence-electron chi connectivity index (χ2n) is 4.74. The molecule has 1 saturated heterocycles. The van der Waals surface area contributed by atoms with E-state index in [4.69, 9.17) is 14.3 Å². The van der Waals surface area contributed by atoms with Crippen molar-refractivity contribution < 1.29 is 19.1 Å². The molecule has 3 unspecified atom stereocenters. The third-order valence-corrected chi connectivity index (χ3v) is 3.30. The second kappa shape index (κ2) is 5.54. The molecule has 100 valence electrons. The molecular formula is C13H19NO4. The van der Waals surface area contributed by atoms with E-state index in [-0.39, 0.29) is 23.9 Å². The van der Waals surface area contributed by atoms with Gasteiger partial charge in [0, 0.05) is 12.6 Å². The Bertz CT molecular complexity index is 409. The molecule has 1 fully saturated rings. The zero-order chi connectivity index (χ0) is 13.1. The summed E-state index contributed by atoms with van der Waals surface area (Å²) in [4.78, 5) is 10.7. The number of ether oxygens (including phenoxy) is 1. The van der Waals surface area contributed by atoms with E-state index in [1.54, 1.807) is 6.07 Å². The van der Waals surface area contributed by atoms with Gasteiger partial charge in [-0.3, -0.25) is 0 Å². The smallest absolute Gasteiger partial charge is 0.371 e. The third kappa shape index (κ3) is 2.91. The minimum Gasteiger partial charge on any atom is -0.475 e. The van der Waals surface area contributed by atoms with Crippen molar-refractivity contribution in [2.45, 2.75) is 44.9 Å². The maximum Gasteiger partial charge on any atom is 0.371 e. The molecule has 0 bridgehead atoms. The van der Waals surface area contributed by atoms with Crippen molar-refractivity contribution in [3.8, 4) is 0 Å². The fourth-order valence-corrected chi connectivity index (χ4v) is 2.28. The van der Waals surface area contributed by atoms with Crippen LogP contribution in [0.1, 0.15) is 49.0 Å². The van der Waals surface area contributed by atoms with Crippen LogP contribution in [0, 0.1) is 0 Å². The van der Waals surface area contributed by atoms with Crippen molar-refractivity contribution >= 4 is 5.97 Å². The van der Waals surface area contributed by atoms with Gasteiger partial charge in [-0.05, 0) is 38.8 Å². The van der Waals surface area contributed by atoms with Gasteiger partial charge >= 0.3 is 5.97 Å². The van der Waals surface area contributed by atoms with Crippen LogP contribution in [-0.4, -0.2) is 29.8 Å². The molecule has 2 rings (SSSR count). The van der Waals surface area contributed by atoms with Gasteiger partial charge in [0.1, 0.15) is 5.76 Å². The summed E-state index contributed by atoms with van der Waals surface area (Å²) < 4.78 is 10.9. The largest absolute Gasteiger partial charge is 0.475 e. The standard InChI is InChI=1S/C13H19NO4/c1-8(10-4-3-7-17-10)14-9(2)11-5-6-12(18-11)13(15)16/h5-6,8-10,14H,3-4,7H2,1-2H3,(H,15,16). The van der Waals surface area contributed by atoms with Crippen LogP contribution in [0.5, 0.6) is 0 Å². The molecular weight excluding hydrogens is 234 g/mol. The van der Waals surface area contributed by atoms with Gasteiger partial charge in [-0.15, -0.1) is 0 Å². The highest BCUT2D eigenvalue weighted by Gasteiger charge is 2.24. The molecule has 0 aromatic carbocycles. The van der Waals surface area contributed by atoms with E-state index in [1.807, 2.05) is 6.92 Å². The fraction of sp³-hybridized carbons (Fsp3) is 0.615.